The third kappa shape index (κ3) is 4.90. The summed E-state index contributed by atoms with van der Waals surface area (Å²) in [6.07, 6.45) is 2.56. The summed E-state index contributed by atoms with van der Waals surface area (Å²) in [7, 11) is 0. The van der Waals surface area contributed by atoms with Crippen molar-refractivity contribution in [3.8, 4) is 0 Å². The molecule has 0 spiro atoms. The molecule has 0 radical (unpaired) electrons. The van der Waals surface area contributed by atoms with Gasteiger partial charge in [-0.25, -0.2) is 9.59 Å². The van der Waals surface area contributed by atoms with Gasteiger partial charge in [0.2, 0.25) is 11.2 Å². The normalized spacial score (nSPS) is 34.1. The van der Waals surface area contributed by atoms with Crippen LogP contribution in [0.15, 0.2) is 83.3 Å². The van der Waals surface area contributed by atoms with Crippen LogP contribution in [0.2, 0.25) is 0 Å². The number of carbonyl (C=O) groups is 6. The molecule has 10 heteroatoms. The number of allylic oxidation sites excluding steroid dienone is 4. The van der Waals surface area contributed by atoms with Crippen LogP contribution in [0.5, 0.6) is 0 Å². The predicted molar refractivity (Wildman–Crippen MR) is 195 cm³/mol. The molecule has 4 aliphatic carbocycles. The maximum atomic E-state index is 13.1. The highest BCUT2D eigenvalue weighted by Gasteiger charge is 2.78. The summed E-state index contributed by atoms with van der Waals surface area (Å²) >= 11 is 0. The van der Waals surface area contributed by atoms with Crippen LogP contribution in [0.25, 0.3) is 0 Å². The van der Waals surface area contributed by atoms with Gasteiger partial charge < -0.3 is 18.9 Å². The van der Waals surface area contributed by atoms with Gasteiger partial charge in [-0.2, -0.15) is 0 Å². The van der Waals surface area contributed by atoms with Crippen LogP contribution < -0.4 is 0 Å². The van der Waals surface area contributed by atoms with Crippen molar-refractivity contribution in [2.75, 3.05) is 0 Å². The molecular weight excluding hydrogens is 688 g/mol. The summed E-state index contributed by atoms with van der Waals surface area (Å²) in [5.41, 5.74) is -1.90. The molecule has 0 N–H and O–H groups in total. The van der Waals surface area contributed by atoms with E-state index >= 15 is 0 Å². The zero-order valence-corrected chi connectivity index (χ0v) is 32.3. The van der Waals surface area contributed by atoms with Crippen molar-refractivity contribution in [2.45, 2.75) is 117 Å². The molecule has 0 unspecified atom stereocenters. The van der Waals surface area contributed by atoms with E-state index in [1.807, 2.05) is 116 Å². The van der Waals surface area contributed by atoms with E-state index in [9.17, 15) is 28.8 Å². The molecule has 4 fully saturated rings. The first-order valence-corrected chi connectivity index (χ1v) is 18.8. The van der Waals surface area contributed by atoms with Gasteiger partial charge in [-0.1, -0.05) is 88.4 Å². The number of carbonyl (C=O) groups excluding carboxylic acids is 6. The van der Waals surface area contributed by atoms with Crippen molar-refractivity contribution in [3.05, 3.63) is 94.5 Å². The van der Waals surface area contributed by atoms with Gasteiger partial charge in [0.25, 0.3) is 0 Å². The Hall–Kier alpha value is -4.86. The summed E-state index contributed by atoms with van der Waals surface area (Å²) in [5.74, 6) is -2.31. The molecule has 4 bridgehead atoms. The van der Waals surface area contributed by atoms with E-state index in [1.165, 1.54) is 0 Å². The number of hydrogen-bond acceptors (Lipinski definition) is 10. The SMILES string of the molecule is CC1=C(OC(=O)[C@@]23CC[C@@](C)(C(=O)O2)C3(C)C)C(=O)C[C@H]1c1ccccc1.CC1=C(OC(=O)[C@@]23CC[C@@](C)(C(=O)O2)C3(C)C)C(=O)C[C@H]1c1ccccc1. The number of Topliss-reactive ketones (excluding diaryl/α,β-unsaturated/α-hetero) is 2. The summed E-state index contributed by atoms with van der Waals surface area (Å²) in [4.78, 5) is 76.2. The standard InChI is InChI=1S/2C22H24O5/c2*1-13-15(14-8-6-5-7-9-14)12-16(23)17(13)26-19(25)22-11-10-21(4,18(24)27-22)20(22,2)3/h2*5-9,15H,10-12H2,1-4H3/t2*15-,21+,22-/m11/s1. The van der Waals surface area contributed by atoms with Crippen molar-refractivity contribution < 1.29 is 47.7 Å². The van der Waals surface area contributed by atoms with Crippen molar-refractivity contribution in [1.82, 2.24) is 0 Å². The third-order valence-corrected chi connectivity index (χ3v) is 14.7. The predicted octanol–water partition coefficient (Wildman–Crippen LogP) is 7.36. The first-order chi connectivity index (χ1) is 25.3. The van der Waals surface area contributed by atoms with Crippen molar-refractivity contribution in [3.63, 3.8) is 0 Å². The molecule has 2 aromatic carbocycles. The van der Waals surface area contributed by atoms with E-state index in [0.29, 0.717) is 25.7 Å². The fourth-order valence-corrected chi connectivity index (χ4v) is 9.75. The lowest BCUT2D eigenvalue weighted by Gasteiger charge is -2.34. The molecule has 6 atom stereocenters. The van der Waals surface area contributed by atoms with Gasteiger partial charge in [0, 0.05) is 35.5 Å². The van der Waals surface area contributed by atoms with E-state index in [4.69, 9.17) is 18.9 Å². The Balaban J connectivity index is 0.000000167. The molecule has 8 rings (SSSR count). The Kier molecular flexibility index (Phi) is 8.55. The summed E-state index contributed by atoms with van der Waals surface area (Å²) in [6, 6.07) is 19.4. The zero-order chi connectivity index (χ0) is 39.2. The van der Waals surface area contributed by atoms with Crippen LogP contribution in [-0.4, -0.2) is 46.6 Å². The van der Waals surface area contributed by atoms with Crippen molar-refractivity contribution >= 4 is 35.4 Å². The highest BCUT2D eigenvalue weighted by atomic mass is 16.6. The zero-order valence-electron chi connectivity index (χ0n) is 32.3. The molecule has 2 heterocycles. The lowest BCUT2D eigenvalue weighted by Crippen LogP contribution is -2.48. The molecule has 2 aromatic rings. The Morgan fingerprint density at radius 3 is 1.17 bits per heavy atom. The Morgan fingerprint density at radius 2 is 0.889 bits per heavy atom. The maximum absolute atomic E-state index is 13.1. The van der Waals surface area contributed by atoms with Gasteiger partial charge in [0.15, 0.2) is 23.1 Å². The Bertz CT molecular complexity index is 1910. The first-order valence-electron chi connectivity index (χ1n) is 18.8. The van der Waals surface area contributed by atoms with Crippen LogP contribution in [-0.2, 0) is 47.7 Å². The summed E-state index contributed by atoms with van der Waals surface area (Å²) in [5, 5.41) is 0. The maximum Gasteiger partial charge on any atom is 0.356 e. The number of esters is 4. The Morgan fingerprint density at radius 1 is 0.556 bits per heavy atom. The quantitative estimate of drug-likeness (QED) is 0.218. The largest absolute Gasteiger partial charge is 0.446 e. The monoisotopic (exact) mass is 736 g/mol. The molecule has 54 heavy (non-hydrogen) atoms. The van der Waals surface area contributed by atoms with Crippen LogP contribution in [0.1, 0.15) is 117 Å². The lowest BCUT2D eigenvalue weighted by molar-refractivity contribution is -0.180. The second-order valence-electron chi connectivity index (χ2n) is 17.3. The van der Waals surface area contributed by atoms with E-state index < -0.39 is 44.8 Å². The lowest BCUT2D eigenvalue weighted by atomic mass is 9.66. The highest BCUT2D eigenvalue weighted by Crippen LogP contribution is 2.67. The number of rotatable bonds is 6. The first kappa shape index (κ1) is 37.5. The number of hydrogen-bond donors (Lipinski definition) is 0. The van der Waals surface area contributed by atoms with Crippen LogP contribution in [0, 0.1) is 21.7 Å². The molecule has 2 aliphatic heterocycles. The molecule has 10 nitrogen and oxygen atoms in total. The molecule has 0 amide bonds. The van der Waals surface area contributed by atoms with E-state index in [-0.39, 0.29) is 59.7 Å². The molecule has 0 aromatic heterocycles. The number of fused-ring (bicyclic) bond motifs is 4. The van der Waals surface area contributed by atoms with Crippen LogP contribution >= 0.6 is 0 Å². The van der Waals surface area contributed by atoms with Crippen LogP contribution in [0.3, 0.4) is 0 Å². The van der Waals surface area contributed by atoms with E-state index in [2.05, 4.69) is 0 Å². The molecule has 2 saturated heterocycles. The van der Waals surface area contributed by atoms with Gasteiger partial charge in [0.1, 0.15) is 0 Å². The molecule has 284 valence electrons. The number of ether oxygens (including phenoxy) is 4. The van der Waals surface area contributed by atoms with Gasteiger partial charge >= 0.3 is 23.9 Å². The average Bonchev–Trinajstić information content (AvgIpc) is 3.81. The van der Waals surface area contributed by atoms with E-state index in [1.54, 1.807) is 0 Å². The summed E-state index contributed by atoms with van der Waals surface area (Å²) in [6.45, 7) is 14.8. The molecular formula is C44H48O10. The number of ketones is 2. The van der Waals surface area contributed by atoms with Gasteiger partial charge in [-0.15, -0.1) is 0 Å². The molecule has 2 saturated carbocycles. The Labute approximate surface area is 315 Å². The topological polar surface area (TPSA) is 139 Å². The second kappa shape index (κ2) is 12.3. The minimum absolute atomic E-state index is 0.0908. The minimum Gasteiger partial charge on any atom is -0.446 e. The van der Waals surface area contributed by atoms with Gasteiger partial charge in [-0.05, 0) is 75.7 Å². The fraction of sp³-hybridized carbons (Fsp3) is 0.500. The van der Waals surface area contributed by atoms with E-state index in [0.717, 1.165) is 22.3 Å². The average molecular weight is 737 g/mol. The minimum atomic E-state index is -1.32. The van der Waals surface area contributed by atoms with Gasteiger partial charge in [0.05, 0.1) is 10.8 Å². The molecule has 6 aliphatic rings. The number of benzene rings is 2. The van der Waals surface area contributed by atoms with Gasteiger partial charge in [-0.3, -0.25) is 19.2 Å². The van der Waals surface area contributed by atoms with Crippen molar-refractivity contribution in [1.29, 1.82) is 0 Å². The smallest absolute Gasteiger partial charge is 0.356 e. The van der Waals surface area contributed by atoms with Crippen LogP contribution in [0.4, 0.5) is 0 Å². The fourth-order valence-electron chi connectivity index (χ4n) is 9.75. The van der Waals surface area contributed by atoms with Crippen molar-refractivity contribution in [2.24, 2.45) is 21.7 Å². The third-order valence-electron chi connectivity index (χ3n) is 14.7. The summed E-state index contributed by atoms with van der Waals surface area (Å²) < 4.78 is 22.4. The highest BCUT2D eigenvalue weighted by molar-refractivity contribution is 6.03. The second-order valence-corrected chi connectivity index (χ2v) is 17.3.